The van der Waals surface area contributed by atoms with E-state index in [1.165, 1.54) is 24.3 Å². The number of benzene rings is 1. The third-order valence-electron chi connectivity index (χ3n) is 3.06. The lowest BCUT2D eigenvalue weighted by atomic mass is 9.93. The van der Waals surface area contributed by atoms with Crippen LogP contribution in [0.4, 0.5) is 18.9 Å². The highest BCUT2D eigenvalue weighted by Gasteiger charge is 2.30. The van der Waals surface area contributed by atoms with E-state index in [1.807, 2.05) is 13.8 Å². The quantitative estimate of drug-likeness (QED) is 0.815. The Morgan fingerprint density at radius 3 is 2.10 bits per heavy atom. The van der Waals surface area contributed by atoms with Gasteiger partial charge in [-0.05, 0) is 48.9 Å². The van der Waals surface area contributed by atoms with Crippen molar-refractivity contribution >= 4 is 23.4 Å². The van der Waals surface area contributed by atoms with Crippen LogP contribution in [0.3, 0.4) is 0 Å². The highest BCUT2D eigenvalue weighted by Crippen LogP contribution is 2.37. The van der Waals surface area contributed by atoms with Crippen LogP contribution in [-0.2, 0) is 4.79 Å². The van der Waals surface area contributed by atoms with Crippen molar-refractivity contribution in [2.75, 3.05) is 5.32 Å². The number of thioether (sulfide) groups is 1. The van der Waals surface area contributed by atoms with Gasteiger partial charge in [-0.1, -0.05) is 13.8 Å². The van der Waals surface area contributed by atoms with Crippen molar-refractivity contribution in [3.05, 3.63) is 24.3 Å². The minimum atomic E-state index is -4.32. The molecule has 3 nitrogen and oxygen atoms in total. The molecule has 0 saturated carbocycles. The molecule has 20 heavy (non-hydrogen) atoms. The van der Waals surface area contributed by atoms with Crippen LogP contribution in [0.15, 0.2) is 29.2 Å². The lowest BCUT2D eigenvalue weighted by Gasteiger charge is -2.25. The Balaban J connectivity index is 2.73. The summed E-state index contributed by atoms with van der Waals surface area (Å²) in [6, 6.07) is 5.48. The largest absolute Gasteiger partial charge is 0.446 e. The number of nitrogens with two attached hydrogens (primary N) is 1. The number of carbonyl (C=O) groups is 1. The molecular weight excluding hydrogens is 289 g/mol. The number of hydrogen-bond donors (Lipinski definition) is 2. The molecule has 0 aliphatic carbocycles. The molecule has 0 heterocycles. The number of anilines is 1. The van der Waals surface area contributed by atoms with Crippen LogP contribution in [0.25, 0.3) is 0 Å². The fourth-order valence-corrected chi connectivity index (χ4v) is 2.11. The first-order valence-corrected chi connectivity index (χ1v) is 6.98. The fraction of sp³-hybridized carbons (Fsp3) is 0.462. The predicted octanol–water partition coefficient (Wildman–Crippen LogP) is 3.75. The predicted molar refractivity (Wildman–Crippen MR) is 74.5 cm³/mol. The second kappa shape index (κ2) is 6.49. The summed E-state index contributed by atoms with van der Waals surface area (Å²) in [6.45, 7) is 3.62. The highest BCUT2D eigenvalue weighted by atomic mass is 32.2. The Bertz CT molecular complexity index is 456. The fourth-order valence-electron chi connectivity index (χ4n) is 1.57. The number of amides is 1. The van der Waals surface area contributed by atoms with Gasteiger partial charge in [-0.2, -0.15) is 13.2 Å². The molecule has 1 aromatic carbocycles. The van der Waals surface area contributed by atoms with E-state index in [-0.39, 0.29) is 22.6 Å². The SMILES string of the molecule is CCC(N)(CC)C(=O)Nc1ccc(SC(F)(F)F)cc1. The van der Waals surface area contributed by atoms with Crippen LogP contribution in [0.1, 0.15) is 26.7 Å². The zero-order valence-electron chi connectivity index (χ0n) is 11.3. The monoisotopic (exact) mass is 306 g/mol. The van der Waals surface area contributed by atoms with E-state index in [0.717, 1.165) is 0 Å². The molecule has 1 rings (SSSR count). The molecule has 0 atom stereocenters. The van der Waals surface area contributed by atoms with E-state index in [4.69, 9.17) is 5.73 Å². The molecule has 112 valence electrons. The van der Waals surface area contributed by atoms with Crippen molar-refractivity contribution in [3.63, 3.8) is 0 Å². The maximum absolute atomic E-state index is 12.2. The zero-order chi connectivity index (χ0) is 15.4. The van der Waals surface area contributed by atoms with Crippen molar-refractivity contribution in [3.8, 4) is 0 Å². The number of alkyl halides is 3. The minimum absolute atomic E-state index is 0.0699. The summed E-state index contributed by atoms with van der Waals surface area (Å²) >= 11 is -0.195. The summed E-state index contributed by atoms with van der Waals surface area (Å²) in [5.41, 5.74) is 1.09. The molecule has 0 saturated heterocycles. The molecule has 0 unspecified atom stereocenters. The van der Waals surface area contributed by atoms with Gasteiger partial charge >= 0.3 is 5.51 Å². The molecule has 1 amide bonds. The molecule has 3 N–H and O–H groups in total. The van der Waals surface area contributed by atoms with Crippen molar-refractivity contribution < 1.29 is 18.0 Å². The van der Waals surface area contributed by atoms with Crippen molar-refractivity contribution in [2.24, 2.45) is 5.73 Å². The second-order valence-electron chi connectivity index (χ2n) is 4.39. The molecule has 0 aliphatic heterocycles. The Hall–Kier alpha value is -1.21. The molecule has 7 heteroatoms. The minimum Gasteiger partial charge on any atom is -0.324 e. The maximum Gasteiger partial charge on any atom is 0.446 e. The number of hydrogen-bond acceptors (Lipinski definition) is 3. The molecule has 0 fully saturated rings. The first kappa shape index (κ1) is 16.8. The lowest BCUT2D eigenvalue weighted by Crippen LogP contribution is -2.50. The number of carbonyl (C=O) groups excluding carboxylic acids is 1. The zero-order valence-corrected chi connectivity index (χ0v) is 12.1. The molecule has 0 radical (unpaired) electrons. The van der Waals surface area contributed by atoms with Crippen LogP contribution in [0.5, 0.6) is 0 Å². The molecule has 0 aliphatic rings. The van der Waals surface area contributed by atoms with Crippen LogP contribution in [0.2, 0.25) is 0 Å². The average Bonchev–Trinajstić information content (AvgIpc) is 2.38. The van der Waals surface area contributed by atoms with Gasteiger partial charge in [0.25, 0.3) is 0 Å². The number of rotatable bonds is 5. The van der Waals surface area contributed by atoms with Gasteiger partial charge in [-0.25, -0.2) is 0 Å². The summed E-state index contributed by atoms with van der Waals surface area (Å²) < 4.78 is 36.5. The molecule has 0 aromatic heterocycles. The van der Waals surface area contributed by atoms with Gasteiger partial charge in [0.15, 0.2) is 0 Å². The van der Waals surface area contributed by atoms with E-state index < -0.39 is 11.0 Å². The van der Waals surface area contributed by atoms with Crippen molar-refractivity contribution in [1.29, 1.82) is 0 Å². The van der Waals surface area contributed by atoms with E-state index in [1.54, 1.807) is 0 Å². The second-order valence-corrected chi connectivity index (χ2v) is 5.53. The van der Waals surface area contributed by atoms with Crippen molar-refractivity contribution in [1.82, 2.24) is 0 Å². The van der Waals surface area contributed by atoms with E-state index in [0.29, 0.717) is 18.5 Å². The van der Waals surface area contributed by atoms with Gasteiger partial charge in [0.1, 0.15) is 0 Å². The summed E-state index contributed by atoms with van der Waals surface area (Å²) in [5, 5.41) is 2.62. The van der Waals surface area contributed by atoms with Crippen LogP contribution in [0, 0.1) is 0 Å². The van der Waals surface area contributed by atoms with E-state index >= 15 is 0 Å². The van der Waals surface area contributed by atoms with Gasteiger partial charge in [0, 0.05) is 10.6 Å². The summed E-state index contributed by atoms with van der Waals surface area (Å²) in [4.78, 5) is 12.1. The van der Waals surface area contributed by atoms with Gasteiger partial charge < -0.3 is 11.1 Å². The molecular formula is C13H17F3N2OS. The number of nitrogens with one attached hydrogen (secondary N) is 1. The van der Waals surface area contributed by atoms with Gasteiger partial charge in [0.2, 0.25) is 5.91 Å². The third kappa shape index (κ3) is 4.72. The summed E-state index contributed by atoms with van der Waals surface area (Å²) in [6.07, 6.45) is 0.967. The molecule has 0 bridgehead atoms. The average molecular weight is 306 g/mol. The first-order chi connectivity index (χ1) is 9.20. The number of halogens is 3. The third-order valence-corrected chi connectivity index (χ3v) is 3.80. The Kier molecular flexibility index (Phi) is 5.47. The summed E-state index contributed by atoms with van der Waals surface area (Å²) in [7, 11) is 0. The van der Waals surface area contributed by atoms with E-state index in [2.05, 4.69) is 5.32 Å². The normalized spacial score (nSPS) is 12.3. The molecule has 0 spiro atoms. The lowest BCUT2D eigenvalue weighted by molar-refractivity contribution is -0.121. The van der Waals surface area contributed by atoms with Crippen LogP contribution < -0.4 is 11.1 Å². The Morgan fingerprint density at radius 1 is 1.20 bits per heavy atom. The highest BCUT2D eigenvalue weighted by molar-refractivity contribution is 8.00. The van der Waals surface area contributed by atoms with Gasteiger partial charge in [-0.3, -0.25) is 4.79 Å². The van der Waals surface area contributed by atoms with E-state index in [9.17, 15) is 18.0 Å². The Labute approximate surface area is 120 Å². The van der Waals surface area contributed by atoms with Crippen molar-refractivity contribution in [2.45, 2.75) is 42.6 Å². The Morgan fingerprint density at radius 2 is 1.70 bits per heavy atom. The maximum atomic E-state index is 12.2. The first-order valence-electron chi connectivity index (χ1n) is 6.16. The van der Waals surface area contributed by atoms with Gasteiger partial charge in [-0.15, -0.1) is 0 Å². The van der Waals surface area contributed by atoms with Crippen LogP contribution in [-0.4, -0.2) is 17.0 Å². The topological polar surface area (TPSA) is 55.1 Å². The summed E-state index contributed by atoms with van der Waals surface area (Å²) in [5.74, 6) is -0.335. The smallest absolute Gasteiger partial charge is 0.324 e. The van der Waals surface area contributed by atoms with Crippen LogP contribution >= 0.6 is 11.8 Å². The molecule has 1 aromatic rings. The van der Waals surface area contributed by atoms with Gasteiger partial charge in [0.05, 0.1) is 5.54 Å². The standard InChI is InChI=1S/C13H17F3N2OS/c1-3-12(17,4-2)11(19)18-9-5-7-10(8-6-9)20-13(14,15)16/h5-8H,3-4,17H2,1-2H3,(H,18,19).